The van der Waals surface area contributed by atoms with Crippen molar-refractivity contribution in [3.05, 3.63) is 46.5 Å². The molecule has 0 aliphatic carbocycles. The summed E-state index contributed by atoms with van der Waals surface area (Å²) in [6, 6.07) is 6.99. The van der Waals surface area contributed by atoms with E-state index in [-0.39, 0.29) is 27.3 Å². The average molecular weight is 328 g/mol. The summed E-state index contributed by atoms with van der Waals surface area (Å²) < 4.78 is 0. The number of hydrogen-bond donors (Lipinski definition) is 2. The highest BCUT2D eigenvalue weighted by molar-refractivity contribution is 6.13. The largest absolute Gasteiger partial charge is 0.478 e. The van der Waals surface area contributed by atoms with Crippen LogP contribution >= 0.6 is 0 Å². The Bertz CT molecular complexity index is 767. The Morgan fingerprint density at radius 3 is 1.29 bits per heavy atom. The van der Waals surface area contributed by atoms with E-state index in [1.54, 1.807) is 12.1 Å². The average Bonchev–Trinajstić information content (AvgIpc) is 2.42. The highest BCUT2D eigenvalue weighted by Crippen LogP contribution is 2.34. The Morgan fingerprint density at radius 2 is 1.04 bits per heavy atom. The van der Waals surface area contributed by atoms with Gasteiger partial charge in [-0.25, -0.2) is 9.59 Å². The van der Waals surface area contributed by atoms with Gasteiger partial charge in [-0.1, -0.05) is 53.7 Å². The van der Waals surface area contributed by atoms with Gasteiger partial charge in [0.15, 0.2) is 0 Å². The lowest BCUT2D eigenvalue weighted by atomic mass is 9.80. The number of aromatic carboxylic acids is 2. The normalized spacial score (nSPS) is 12.4. The van der Waals surface area contributed by atoms with Crippen LogP contribution in [0, 0.1) is 0 Å². The zero-order valence-electron chi connectivity index (χ0n) is 15.0. The van der Waals surface area contributed by atoms with Crippen molar-refractivity contribution in [2.24, 2.45) is 0 Å². The smallest absolute Gasteiger partial charge is 0.336 e. The predicted molar refractivity (Wildman–Crippen MR) is 95.3 cm³/mol. The van der Waals surface area contributed by atoms with Crippen LogP contribution in [0.4, 0.5) is 0 Å². The summed E-state index contributed by atoms with van der Waals surface area (Å²) in [5.41, 5.74) is 1.34. The molecule has 0 bridgehead atoms. The van der Waals surface area contributed by atoms with E-state index >= 15 is 0 Å². The maximum absolute atomic E-state index is 11.8. The van der Waals surface area contributed by atoms with Gasteiger partial charge in [0.1, 0.15) is 0 Å². The van der Waals surface area contributed by atoms with Crippen molar-refractivity contribution in [1.29, 1.82) is 0 Å². The van der Waals surface area contributed by atoms with Crippen LogP contribution in [0.1, 0.15) is 73.4 Å². The number of carboxylic acids is 2. The number of carboxylic acid groups (broad SMARTS) is 2. The molecular weight excluding hydrogens is 304 g/mol. The molecule has 4 nitrogen and oxygen atoms in total. The van der Waals surface area contributed by atoms with Crippen molar-refractivity contribution in [1.82, 2.24) is 0 Å². The molecule has 0 aliphatic rings. The van der Waals surface area contributed by atoms with Gasteiger partial charge in [0, 0.05) is 5.39 Å². The first-order valence-corrected chi connectivity index (χ1v) is 7.91. The quantitative estimate of drug-likeness (QED) is 0.828. The number of benzene rings is 2. The van der Waals surface area contributed by atoms with Crippen LogP contribution in [0.5, 0.6) is 0 Å². The van der Waals surface area contributed by atoms with Gasteiger partial charge in [0.05, 0.1) is 11.1 Å². The van der Waals surface area contributed by atoms with E-state index in [0.29, 0.717) is 5.39 Å². The molecule has 0 saturated carbocycles. The summed E-state index contributed by atoms with van der Waals surface area (Å²) in [7, 11) is 0. The topological polar surface area (TPSA) is 74.6 Å². The Hall–Kier alpha value is -2.36. The molecule has 0 saturated heterocycles. The number of hydrogen-bond acceptors (Lipinski definition) is 2. The van der Waals surface area contributed by atoms with E-state index in [0.717, 1.165) is 11.1 Å². The highest BCUT2D eigenvalue weighted by atomic mass is 16.4. The van der Waals surface area contributed by atoms with Gasteiger partial charge >= 0.3 is 11.9 Å². The van der Waals surface area contributed by atoms with E-state index in [2.05, 4.69) is 0 Å². The Labute approximate surface area is 142 Å². The molecule has 2 rings (SSSR count). The summed E-state index contributed by atoms with van der Waals surface area (Å²) in [5.74, 6) is -2.23. The van der Waals surface area contributed by atoms with Crippen LogP contribution in [0.3, 0.4) is 0 Å². The van der Waals surface area contributed by atoms with Crippen molar-refractivity contribution in [2.75, 3.05) is 0 Å². The van der Waals surface area contributed by atoms with Crippen molar-refractivity contribution >= 4 is 22.7 Å². The van der Waals surface area contributed by atoms with E-state index < -0.39 is 11.9 Å². The minimum absolute atomic E-state index is 0.0373. The third-order valence-corrected chi connectivity index (χ3v) is 4.24. The van der Waals surface area contributed by atoms with Crippen LogP contribution in [0.25, 0.3) is 10.8 Å². The van der Waals surface area contributed by atoms with Crippen LogP contribution < -0.4 is 0 Å². The Morgan fingerprint density at radius 1 is 0.708 bits per heavy atom. The third kappa shape index (κ3) is 3.28. The molecule has 0 unspecified atom stereocenters. The highest BCUT2D eigenvalue weighted by Gasteiger charge is 2.24. The van der Waals surface area contributed by atoms with Gasteiger partial charge in [-0.05, 0) is 39.5 Å². The second kappa shape index (κ2) is 5.62. The van der Waals surface area contributed by atoms with Crippen molar-refractivity contribution in [3.8, 4) is 0 Å². The van der Waals surface area contributed by atoms with E-state index in [1.165, 1.54) is 0 Å². The van der Waals surface area contributed by atoms with E-state index in [9.17, 15) is 19.8 Å². The van der Waals surface area contributed by atoms with Crippen molar-refractivity contribution in [2.45, 2.75) is 52.4 Å². The fourth-order valence-corrected chi connectivity index (χ4v) is 2.72. The lowest BCUT2D eigenvalue weighted by Crippen LogP contribution is -2.16. The minimum atomic E-state index is -1.11. The van der Waals surface area contributed by atoms with Crippen LogP contribution in [0.2, 0.25) is 0 Å². The number of rotatable bonds is 2. The SMILES string of the molecule is CC(C)(C)c1cc(C(=O)O)c2c(C(=O)O)cc(C(C)(C)C)cc2c1. The summed E-state index contributed by atoms with van der Waals surface area (Å²) >= 11 is 0. The first-order chi connectivity index (χ1) is 10.8. The zero-order valence-corrected chi connectivity index (χ0v) is 15.0. The first-order valence-electron chi connectivity index (χ1n) is 7.91. The standard InChI is InChI=1S/C20H24O4/c1-19(2,3)12-7-11-8-13(20(4,5)6)10-15(18(23)24)16(11)14(9-12)17(21)22/h7-10H,1-6H3,(H,21,22)(H,23,24). The Kier molecular flexibility index (Phi) is 4.21. The lowest BCUT2D eigenvalue weighted by Gasteiger charge is -2.24. The molecule has 2 aromatic carbocycles. The van der Waals surface area contributed by atoms with Crippen LogP contribution in [-0.2, 0) is 10.8 Å². The molecule has 2 N–H and O–H groups in total. The molecule has 0 fully saturated rings. The van der Waals surface area contributed by atoms with Gasteiger partial charge in [-0.15, -0.1) is 0 Å². The molecule has 4 heteroatoms. The van der Waals surface area contributed by atoms with Crippen molar-refractivity contribution < 1.29 is 19.8 Å². The van der Waals surface area contributed by atoms with Gasteiger partial charge in [-0.2, -0.15) is 0 Å². The van der Waals surface area contributed by atoms with E-state index in [1.807, 2.05) is 53.7 Å². The molecule has 0 heterocycles. The monoisotopic (exact) mass is 328 g/mol. The van der Waals surface area contributed by atoms with Crippen molar-refractivity contribution in [3.63, 3.8) is 0 Å². The summed E-state index contributed by atoms with van der Waals surface area (Å²) in [6.45, 7) is 12.0. The molecular formula is C20H24O4. The molecule has 24 heavy (non-hydrogen) atoms. The zero-order chi connectivity index (χ0) is 18.4. The summed E-state index contributed by atoms with van der Waals surface area (Å²) in [6.07, 6.45) is 0. The third-order valence-electron chi connectivity index (χ3n) is 4.24. The van der Waals surface area contributed by atoms with Crippen LogP contribution in [-0.4, -0.2) is 22.2 Å². The van der Waals surface area contributed by atoms with Gasteiger partial charge in [0.2, 0.25) is 0 Å². The maximum Gasteiger partial charge on any atom is 0.336 e. The molecule has 0 spiro atoms. The molecule has 0 amide bonds. The predicted octanol–water partition coefficient (Wildman–Crippen LogP) is 4.83. The molecule has 0 aromatic heterocycles. The maximum atomic E-state index is 11.8. The molecule has 0 atom stereocenters. The molecule has 2 aromatic rings. The Balaban J connectivity index is 3.03. The fourth-order valence-electron chi connectivity index (χ4n) is 2.72. The fraction of sp³-hybridized carbons (Fsp3) is 0.400. The van der Waals surface area contributed by atoms with E-state index in [4.69, 9.17) is 0 Å². The minimum Gasteiger partial charge on any atom is -0.478 e. The molecule has 128 valence electrons. The second-order valence-corrected chi connectivity index (χ2v) is 8.26. The van der Waals surface area contributed by atoms with Gasteiger partial charge in [-0.3, -0.25) is 0 Å². The second-order valence-electron chi connectivity index (χ2n) is 8.26. The summed E-state index contributed by atoms with van der Waals surface area (Å²) in [4.78, 5) is 23.5. The van der Waals surface area contributed by atoms with Crippen LogP contribution in [0.15, 0.2) is 24.3 Å². The lowest BCUT2D eigenvalue weighted by molar-refractivity contribution is 0.0695. The number of fused-ring (bicyclic) bond motifs is 1. The summed E-state index contributed by atoms with van der Waals surface area (Å²) in [5, 5.41) is 20.2. The molecule has 0 radical (unpaired) electrons. The van der Waals surface area contributed by atoms with Gasteiger partial charge < -0.3 is 10.2 Å². The molecule has 0 aliphatic heterocycles. The van der Waals surface area contributed by atoms with Gasteiger partial charge in [0.25, 0.3) is 0 Å². The number of carbonyl (C=O) groups is 2. The first kappa shape index (κ1) is 18.0.